The summed E-state index contributed by atoms with van der Waals surface area (Å²) in [5.41, 5.74) is 4.07. The molecule has 0 fully saturated rings. The average Bonchev–Trinajstić information content (AvgIpc) is 2.35. The second kappa shape index (κ2) is 4.89. The normalized spacial score (nSPS) is 20.9. The minimum absolute atomic E-state index is 0.485. The SMILES string of the molecule is COc1c(C)c(C)c2c(c1C)CC[C@](C)(OC(=O)O)O2. The van der Waals surface area contributed by atoms with Gasteiger partial charge in [-0.1, -0.05) is 0 Å². The fraction of sp³-hybridized carbons (Fsp3) is 0.533. The molecule has 20 heavy (non-hydrogen) atoms. The fourth-order valence-corrected chi connectivity index (χ4v) is 2.78. The van der Waals surface area contributed by atoms with Crippen LogP contribution in [0.2, 0.25) is 0 Å². The van der Waals surface area contributed by atoms with E-state index in [0.717, 1.165) is 33.8 Å². The Balaban J connectivity index is 2.50. The van der Waals surface area contributed by atoms with Gasteiger partial charge in [0.15, 0.2) is 0 Å². The third-order valence-electron chi connectivity index (χ3n) is 3.97. The Kier molecular flexibility index (Phi) is 3.54. The number of fused-ring (bicyclic) bond motifs is 1. The third kappa shape index (κ3) is 2.28. The topological polar surface area (TPSA) is 65.0 Å². The highest BCUT2D eigenvalue weighted by Crippen LogP contribution is 2.43. The molecule has 0 amide bonds. The van der Waals surface area contributed by atoms with Crippen molar-refractivity contribution < 1.29 is 24.1 Å². The quantitative estimate of drug-likeness (QED) is 0.841. The van der Waals surface area contributed by atoms with Crippen molar-refractivity contribution in [3.05, 3.63) is 22.3 Å². The molecule has 0 radical (unpaired) electrons. The molecule has 0 bridgehead atoms. The summed E-state index contributed by atoms with van der Waals surface area (Å²) in [5, 5.41) is 8.82. The Morgan fingerprint density at radius 1 is 1.25 bits per heavy atom. The molecule has 1 aliphatic rings. The van der Waals surface area contributed by atoms with Gasteiger partial charge in [-0.15, -0.1) is 0 Å². The van der Waals surface area contributed by atoms with Crippen LogP contribution in [0.25, 0.3) is 0 Å². The van der Waals surface area contributed by atoms with Crippen molar-refractivity contribution in [2.45, 2.75) is 46.3 Å². The van der Waals surface area contributed by atoms with E-state index in [0.29, 0.717) is 12.8 Å². The van der Waals surface area contributed by atoms with Gasteiger partial charge in [0.2, 0.25) is 0 Å². The first kappa shape index (κ1) is 14.5. The zero-order valence-corrected chi connectivity index (χ0v) is 12.5. The van der Waals surface area contributed by atoms with E-state index in [4.69, 9.17) is 19.3 Å². The largest absolute Gasteiger partial charge is 0.509 e. The van der Waals surface area contributed by atoms with Crippen molar-refractivity contribution >= 4 is 6.16 Å². The highest BCUT2D eigenvalue weighted by molar-refractivity contribution is 5.60. The summed E-state index contributed by atoms with van der Waals surface area (Å²) in [4.78, 5) is 10.8. The van der Waals surface area contributed by atoms with Crippen LogP contribution in [0.5, 0.6) is 11.5 Å². The van der Waals surface area contributed by atoms with Crippen LogP contribution in [0, 0.1) is 20.8 Å². The van der Waals surface area contributed by atoms with Crippen LogP contribution >= 0.6 is 0 Å². The van der Waals surface area contributed by atoms with E-state index in [1.54, 1.807) is 14.0 Å². The minimum Gasteiger partial charge on any atom is -0.496 e. The molecule has 2 rings (SSSR count). The van der Waals surface area contributed by atoms with Crippen molar-refractivity contribution in [2.24, 2.45) is 0 Å². The second-order valence-electron chi connectivity index (χ2n) is 5.32. The average molecular weight is 280 g/mol. The molecule has 1 heterocycles. The van der Waals surface area contributed by atoms with Gasteiger partial charge in [-0.25, -0.2) is 4.79 Å². The van der Waals surface area contributed by atoms with Gasteiger partial charge in [0.1, 0.15) is 11.5 Å². The smallest absolute Gasteiger partial charge is 0.496 e. The van der Waals surface area contributed by atoms with Crippen molar-refractivity contribution in [2.75, 3.05) is 7.11 Å². The molecule has 110 valence electrons. The Hall–Kier alpha value is -1.91. The van der Waals surface area contributed by atoms with Gasteiger partial charge >= 0.3 is 6.16 Å². The molecule has 0 saturated heterocycles. The van der Waals surface area contributed by atoms with Gasteiger partial charge in [-0.2, -0.15) is 0 Å². The summed E-state index contributed by atoms with van der Waals surface area (Å²) in [7, 11) is 1.66. The number of benzene rings is 1. The number of ether oxygens (including phenoxy) is 3. The van der Waals surface area contributed by atoms with Crippen molar-refractivity contribution in [3.63, 3.8) is 0 Å². The molecule has 0 unspecified atom stereocenters. The summed E-state index contributed by atoms with van der Waals surface area (Å²) in [6.45, 7) is 7.56. The highest BCUT2D eigenvalue weighted by atomic mass is 16.8. The molecular formula is C15H20O5. The number of carbonyl (C=O) groups is 1. The summed E-state index contributed by atoms with van der Waals surface area (Å²) in [6, 6.07) is 0. The van der Waals surface area contributed by atoms with Gasteiger partial charge in [-0.05, 0) is 43.9 Å². The molecule has 0 aliphatic carbocycles. The first-order chi connectivity index (χ1) is 9.29. The maximum absolute atomic E-state index is 10.8. The molecule has 0 spiro atoms. The molecule has 1 aliphatic heterocycles. The number of methoxy groups -OCH3 is 1. The van der Waals surface area contributed by atoms with Crippen LogP contribution in [0.4, 0.5) is 4.79 Å². The highest BCUT2D eigenvalue weighted by Gasteiger charge is 2.38. The maximum Gasteiger partial charge on any atom is 0.509 e. The van der Waals surface area contributed by atoms with Crippen molar-refractivity contribution in [1.29, 1.82) is 0 Å². The Labute approximate surface area is 118 Å². The summed E-state index contributed by atoms with van der Waals surface area (Å²) >= 11 is 0. The van der Waals surface area contributed by atoms with E-state index in [9.17, 15) is 4.79 Å². The van der Waals surface area contributed by atoms with E-state index >= 15 is 0 Å². The fourth-order valence-electron chi connectivity index (χ4n) is 2.78. The van der Waals surface area contributed by atoms with Gasteiger partial charge in [0.25, 0.3) is 5.79 Å². The van der Waals surface area contributed by atoms with Crippen molar-refractivity contribution in [3.8, 4) is 11.5 Å². The monoisotopic (exact) mass is 280 g/mol. The minimum atomic E-state index is -1.32. The van der Waals surface area contributed by atoms with E-state index in [-0.39, 0.29) is 0 Å². The number of hydrogen-bond acceptors (Lipinski definition) is 4. The summed E-state index contributed by atoms with van der Waals surface area (Å²) in [6.07, 6.45) is -0.142. The molecular weight excluding hydrogens is 260 g/mol. The first-order valence-electron chi connectivity index (χ1n) is 6.56. The first-order valence-corrected chi connectivity index (χ1v) is 6.56. The Morgan fingerprint density at radius 3 is 2.45 bits per heavy atom. The van der Waals surface area contributed by atoms with Gasteiger partial charge in [0, 0.05) is 18.9 Å². The van der Waals surface area contributed by atoms with Crippen LogP contribution < -0.4 is 9.47 Å². The van der Waals surface area contributed by atoms with E-state index in [2.05, 4.69) is 0 Å². The molecule has 5 heteroatoms. The van der Waals surface area contributed by atoms with Crippen LogP contribution in [-0.2, 0) is 11.2 Å². The Bertz CT molecular complexity index is 564. The molecule has 5 nitrogen and oxygen atoms in total. The standard InChI is InChI=1S/C15H20O5/c1-8-9(2)13-11(10(3)12(8)18-5)6-7-15(4,19-13)20-14(16)17/h6-7H2,1-5H3,(H,16,17)/t15-/m0/s1. The zero-order valence-electron chi connectivity index (χ0n) is 12.5. The van der Waals surface area contributed by atoms with Crippen LogP contribution in [0.15, 0.2) is 0 Å². The lowest BCUT2D eigenvalue weighted by Crippen LogP contribution is -2.41. The lowest BCUT2D eigenvalue weighted by molar-refractivity contribution is -0.149. The lowest BCUT2D eigenvalue weighted by atomic mass is 9.91. The van der Waals surface area contributed by atoms with Crippen molar-refractivity contribution in [1.82, 2.24) is 0 Å². The Morgan fingerprint density at radius 2 is 1.90 bits per heavy atom. The number of carboxylic acid groups (broad SMARTS) is 1. The van der Waals surface area contributed by atoms with E-state index < -0.39 is 11.9 Å². The molecule has 1 N–H and O–H groups in total. The van der Waals surface area contributed by atoms with E-state index in [1.165, 1.54) is 0 Å². The lowest BCUT2D eigenvalue weighted by Gasteiger charge is -2.36. The molecule has 0 aromatic heterocycles. The molecule has 0 saturated carbocycles. The number of rotatable bonds is 2. The maximum atomic E-state index is 10.8. The van der Waals surface area contributed by atoms with Gasteiger partial charge < -0.3 is 19.3 Å². The van der Waals surface area contributed by atoms with Gasteiger partial charge in [0.05, 0.1) is 7.11 Å². The van der Waals surface area contributed by atoms with Gasteiger partial charge in [-0.3, -0.25) is 0 Å². The molecule has 1 aromatic rings. The van der Waals surface area contributed by atoms with Crippen LogP contribution in [0.3, 0.4) is 0 Å². The number of hydrogen-bond donors (Lipinski definition) is 1. The summed E-state index contributed by atoms with van der Waals surface area (Å²) in [5.74, 6) is 0.459. The molecule has 1 atom stereocenters. The van der Waals surface area contributed by atoms with Crippen LogP contribution in [-0.4, -0.2) is 24.2 Å². The zero-order chi connectivity index (χ0) is 15.1. The molecule has 1 aromatic carbocycles. The summed E-state index contributed by atoms with van der Waals surface area (Å²) < 4.78 is 16.2. The second-order valence-corrected chi connectivity index (χ2v) is 5.32. The van der Waals surface area contributed by atoms with E-state index in [1.807, 2.05) is 20.8 Å². The predicted molar refractivity (Wildman–Crippen MR) is 73.7 cm³/mol. The van der Waals surface area contributed by atoms with Crippen LogP contribution in [0.1, 0.15) is 35.6 Å². The predicted octanol–water partition coefficient (Wildman–Crippen LogP) is 3.36. The third-order valence-corrected chi connectivity index (χ3v) is 3.97.